The number of nitrogens with one attached hydrogen (secondary N) is 2. The Morgan fingerprint density at radius 1 is 1.19 bits per heavy atom. The van der Waals surface area contributed by atoms with Crippen molar-refractivity contribution in [2.24, 2.45) is 23.7 Å². The van der Waals surface area contributed by atoms with Gasteiger partial charge in [0, 0.05) is 17.0 Å². The molecule has 3 aliphatic heterocycles. The van der Waals surface area contributed by atoms with Crippen LogP contribution in [0, 0.1) is 23.7 Å². The lowest BCUT2D eigenvalue weighted by Gasteiger charge is -2.41. The number of amides is 3. The van der Waals surface area contributed by atoms with Gasteiger partial charge in [-0.3, -0.25) is 14.4 Å². The molecule has 0 aliphatic carbocycles. The molecular formula is C28H41N3O4S. The Labute approximate surface area is 219 Å². The average Bonchev–Trinajstić information content (AvgIpc) is 3.44. The topological polar surface area (TPSA) is 98.7 Å². The molecule has 8 heteroatoms. The van der Waals surface area contributed by atoms with Gasteiger partial charge in [-0.2, -0.15) is 0 Å². The average molecular weight is 516 g/mol. The van der Waals surface area contributed by atoms with Crippen LogP contribution in [-0.4, -0.2) is 62.5 Å². The van der Waals surface area contributed by atoms with Gasteiger partial charge in [-0.25, -0.2) is 0 Å². The van der Waals surface area contributed by atoms with Crippen molar-refractivity contribution in [2.75, 3.05) is 11.9 Å². The first-order valence-electron chi connectivity index (χ1n) is 13.5. The van der Waals surface area contributed by atoms with E-state index in [0.29, 0.717) is 5.69 Å². The fraction of sp³-hybridized carbons (Fsp3) is 0.679. The molecule has 3 N–H and O–H groups in total. The van der Waals surface area contributed by atoms with Crippen molar-refractivity contribution in [2.45, 2.75) is 88.4 Å². The number of carbonyl (C=O) groups excluding carboxylic acids is 3. The quantitative estimate of drug-likeness (QED) is 0.442. The minimum absolute atomic E-state index is 0.0119. The predicted octanol–water partition coefficient (Wildman–Crippen LogP) is 3.67. The smallest absolute Gasteiger partial charge is 0.244 e. The van der Waals surface area contributed by atoms with Crippen molar-refractivity contribution in [3.8, 4) is 0 Å². The molecule has 3 saturated heterocycles. The number of thioether (sulfide) groups is 1. The van der Waals surface area contributed by atoms with Crippen LogP contribution >= 0.6 is 11.8 Å². The van der Waals surface area contributed by atoms with Crippen LogP contribution < -0.4 is 10.6 Å². The van der Waals surface area contributed by atoms with Crippen LogP contribution in [0.2, 0.25) is 0 Å². The lowest BCUT2D eigenvalue weighted by molar-refractivity contribution is -0.143. The maximum Gasteiger partial charge on any atom is 0.244 e. The number of hydrogen-bond acceptors (Lipinski definition) is 5. The third-order valence-corrected chi connectivity index (χ3v) is 10.8. The van der Waals surface area contributed by atoms with Crippen molar-refractivity contribution >= 4 is 35.2 Å². The van der Waals surface area contributed by atoms with Crippen LogP contribution in [0.1, 0.15) is 60.3 Å². The number of hydrogen-bond donors (Lipinski definition) is 3. The summed E-state index contributed by atoms with van der Waals surface area (Å²) in [5.41, 5.74) is 0.704. The SMILES string of the molecule is CCCC(C)NC(=O)C1N([C@@H](CO)[C@@H](C)CC)C(=O)[C@@H]2[C@@H](C(=O)Nc3ccccc3)[C@H]3CC(C)C12S3. The Bertz CT molecular complexity index is 975. The molecule has 3 amide bonds. The molecule has 7 nitrogen and oxygen atoms in total. The number of para-hydroxylation sites is 1. The Balaban J connectivity index is 1.75. The fourth-order valence-corrected chi connectivity index (χ4v) is 9.21. The summed E-state index contributed by atoms with van der Waals surface area (Å²) in [5, 5.41) is 16.6. The van der Waals surface area contributed by atoms with E-state index in [1.807, 2.05) is 51.1 Å². The minimum atomic E-state index is -0.708. The molecule has 3 aliphatic rings. The van der Waals surface area contributed by atoms with Gasteiger partial charge in [0.1, 0.15) is 6.04 Å². The highest BCUT2D eigenvalue weighted by Gasteiger charge is 2.76. The van der Waals surface area contributed by atoms with Crippen molar-refractivity contribution in [1.82, 2.24) is 10.2 Å². The van der Waals surface area contributed by atoms with E-state index >= 15 is 0 Å². The molecule has 198 valence electrons. The van der Waals surface area contributed by atoms with Crippen LogP contribution in [0.4, 0.5) is 5.69 Å². The Morgan fingerprint density at radius 2 is 1.89 bits per heavy atom. The Kier molecular flexibility index (Phi) is 8.05. The monoisotopic (exact) mass is 515 g/mol. The van der Waals surface area contributed by atoms with E-state index < -0.39 is 28.7 Å². The molecule has 4 rings (SSSR count). The van der Waals surface area contributed by atoms with Crippen LogP contribution in [0.5, 0.6) is 0 Å². The van der Waals surface area contributed by atoms with E-state index in [0.717, 1.165) is 25.7 Å². The highest BCUT2D eigenvalue weighted by Crippen LogP contribution is 2.69. The van der Waals surface area contributed by atoms with Gasteiger partial charge >= 0.3 is 0 Å². The number of fused-ring (bicyclic) bond motifs is 1. The zero-order valence-corrected chi connectivity index (χ0v) is 22.9. The molecule has 1 aromatic carbocycles. The van der Waals surface area contributed by atoms with Gasteiger partial charge < -0.3 is 20.6 Å². The molecule has 36 heavy (non-hydrogen) atoms. The number of nitrogens with zero attached hydrogens (tertiary/aromatic N) is 1. The van der Waals surface area contributed by atoms with Crippen LogP contribution in [-0.2, 0) is 14.4 Å². The number of rotatable bonds is 10. The van der Waals surface area contributed by atoms with Gasteiger partial charge in [-0.05, 0) is 43.7 Å². The maximum atomic E-state index is 14.3. The first-order valence-corrected chi connectivity index (χ1v) is 14.4. The van der Waals surface area contributed by atoms with E-state index in [9.17, 15) is 19.5 Å². The third-order valence-electron chi connectivity index (χ3n) is 8.73. The molecule has 3 heterocycles. The van der Waals surface area contributed by atoms with Gasteiger partial charge in [0.15, 0.2) is 0 Å². The van der Waals surface area contributed by atoms with Gasteiger partial charge in [0.2, 0.25) is 17.7 Å². The van der Waals surface area contributed by atoms with E-state index in [1.54, 1.807) is 16.7 Å². The van der Waals surface area contributed by atoms with Crippen LogP contribution in [0.25, 0.3) is 0 Å². The van der Waals surface area contributed by atoms with Crippen molar-refractivity contribution in [3.63, 3.8) is 0 Å². The fourth-order valence-electron chi connectivity index (χ4n) is 6.80. The second-order valence-corrected chi connectivity index (χ2v) is 12.5. The summed E-state index contributed by atoms with van der Waals surface area (Å²) in [5.74, 6) is -1.45. The first kappa shape index (κ1) is 27.0. The number of carbonyl (C=O) groups is 3. The second kappa shape index (κ2) is 10.7. The molecule has 1 aromatic rings. The number of aliphatic hydroxyl groups is 1. The number of anilines is 1. The normalized spacial score (nSPS) is 33.2. The summed E-state index contributed by atoms with van der Waals surface area (Å²) in [6, 6.07) is 8.13. The minimum Gasteiger partial charge on any atom is -0.394 e. The Hall–Kier alpha value is -2.06. The summed E-state index contributed by atoms with van der Waals surface area (Å²) in [6.45, 7) is 10.0. The van der Waals surface area contributed by atoms with E-state index in [-0.39, 0.29) is 47.5 Å². The summed E-state index contributed by atoms with van der Waals surface area (Å²) in [6.07, 6.45) is 3.36. The molecule has 3 fully saturated rings. The largest absolute Gasteiger partial charge is 0.394 e. The number of aliphatic hydroxyl groups excluding tert-OH is 1. The standard InChI is InChI=1S/C28H41N3O4S/c1-6-11-18(5)29-26(34)24-28-17(4)14-21(36-28)22(25(33)30-19-12-9-8-10-13-19)23(28)27(35)31(24)20(15-32)16(3)7-2/h8-10,12-13,16-18,20-24,32H,6-7,11,14-15H2,1-5H3,(H,29,34)(H,30,33)/t16-,17?,18?,20-,21+,22-,23-,24?,28?/m0/s1. The molecule has 4 unspecified atom stereocenters. The molecular weight excluding hydrogens is 474 g/mol. The van der Waals surface area contributed by atoms with Crippen molar-refractivity contribution < 1.29 is 19.5 Å². The number of likely N-dealkylation sites (tertiary alicyclic amines) is 1. The van der Waals surface area contributed by atoms with Gasteiger partial charge in [-0.1, -0.05) is 58.7 Å². The Morgan fingerprint density at radius 3 is 2.50 bits per heavy atom. The number of benzene rings is 1. The molecule has 1 spiro atoms. The van der Waals surface area contributed by atoms with E-state index in [1.165, 1.54) is 0 Å². The third kappa shape index (κ3) is 4.34. The molecule has 0 aromatic heterocycles. The summed E-state index contributed by atoms with van der Waals surface area (Å²) in [7, 11) is 0. The zero-order valence-electron chi connectivity index (χ0n) is 22.1. The van der Waals surface area contributed by atoms with E-state index in [2.05, 4.69) is 24.5 Å². The zero-order chi connectivity index (χ0) is 26.2. The molecule has 9 atom stereocenters. The van der Waals surface area contributed by atoms with Crippen molar-refractivity contribution in [3.05, 3.63) is 30.3 Å². The second-order valence-electron chi connectivity index (χ2n) is 11.0. The lowest BCUT2D eigenvalue weighted by atomic mass is 9.65. The maximum absolute atomic E-state index is 14.3. The van der Waals surface area contributed by atoms with E-state index in [4.69, 9.17) is 0 Å². The molecule has 0 radical (unpaired) electrons. The van der Waals surface area contributed by atoms with Crippen molar-refractivity contribution in [1.29, 1.82) is 0 Å². The molecule has 2 bridgehead atoms. The van der Waals surface area contributed by atoms with Gasteiger partial charge in [0.05, 0.1) is 29.2 Å². The highest BCUT2D eigenvalue weighted by atomic mass is 32.2. The summed E-state index contributed by atoms with van der Waals surface area (Å²) >= 11 is 1.67. The first-order chi connectivity index (χ1) is 17.2. The van der Waals surface area contributed by atoms with Gasteiger partial charge in [0.25, 0.3) is 0 Å². The summed E-state index contributed by atoms with van der Waals surface area (Å²) < 4.78 is -0.683. The highest BCUT2D eigenvalue weighted by molar-refractivity contribution is 8.02. The molecule has 0 saturated carbocycles. The van der Waals surface area contributed by atoms with Gasteiger partial charge in [-0.15, -0.1) is 11.8 Å². The predicted molar refractivity (Wildman–Crippen MR) is 143 cm³/mol. The lowest BCUT2D eigenvalue weighted by Crippen LogP contribution is -2.60. The van der Waals surface area contributed by atoms with Crippen LogP contribution in [0.15, 0.2) is 30.3 Å². The summed E-state index contributed by atoms with van der Waals surface area (Å²) in [4.78, 5) is 43.5. The van der Waals surface area contributed by atoms with Crippen LogP contribution in [0.3, 0.4) is 0 Å².